The maximum atomic E-state index is 12.9. The van der Waals surface area contributed by atoms with Crippen LogP contribution in [-0.2, 0) is 11.0 Å². The van der Waals surface area contributed by atoms with Crippen LogP contribution in [0.1, 0.15) is 37.2 Å². The Labute approximate surface area is 143 Å². The summed E-state index contributed by atoms with van der Waals surface area (Å²) in [5.41, 5.74) is -0.980. The van der Waals surface area contributed by atoms with Gasteiger partial charge in [-0.25, -0.2) is 0 Å². The molecule has 1 aromatic rings. The predicted octanol–water partition coefficient (Wildman–Crippen LogP) is 2.73. The number of fused-ring (bicyclic) bond motifs is 1. The molecule has 24 heavy (non-hydrogen) atoms. The Morgan fingerprint density at radius 2 is 2.04 bits per heavy atom. The SMILES string of the molecule is Cc1c(Cl)c(C(F)(F)F)nn1C(C)C(=O)N1CCN2CCCC2C1. The van der Waals surface area contributed by atoms with Crippen LogP contribution in [0.2, 0.25) is 5.02 Å². The Balaban J connectivity index is 1.79. The van der Waals surface area contributed by atoms with Crippen molar-refractivity contribution in [1.82, 2.24) is 19.6 Å². The number of piperazine rings is 1. The van der Waals surface area contributed by atoms with Crippen molar-refractivity contribution in [2.24, 2.45) is 0 Å². The van der Waals surface area contributed by atoms with Crippen molar-refractivity contribution < 1.29 is 18.0 Å². The molecule has 0 radical (unpaired) electrons. The fourth-order valence-electron chi connectivity index (χ4n) is 3.62. The van der Waals surface area contributed by atoms with Crippen LogP contribution in [0, 0.1) is 6.92 Å². The van der Waals surface area contributed by atoms with Gasteiger partial charge < -0.3 is 4.90 Å². The summed E-state index contributed by atoms with van der Waals surface area (Å²) < 4.78 is 39.9. The highest BCUT2D eigenvalue weighted by Gasteiger charge is 2.40. The number of hydrogen-bond donors (Lipinski definition) is 0. The molecule has 2 aliphatic rings. The summed E-state index contributed by atoms with van der Waals surface area (Å²) in [6, 6.07) is -0.450. The molecule has 0 spiro atoms. The Morgan fingerprint density at radius 1 is 1.33 bits per heavy atom. The standard InChI is InChI=1S/C15H20ClF3N4O/c1-9-12(16)13(15(17,18)19)20-23(9)10(2)14(24)22-7-6-21-5-3-4-11(21)8-22/h10-11H,3-8H2,1-2H3. The molecule has 0 aliphatic carbocycles. The van der Waals surface area contributed by atoms with E-state index in [4.69, 9.17) is 11.6 Å². The summed E-state index contributed by atoms with van der Waals surface area (Å²) in [6.45, 7) is 6.12. The number of aromatic nitrogens is 2. The average molecular weight is 365 g/mol. The molecule has 0 bridgehead atoms. The van der Waals surface area contributed by atoms with Gasteiger partial charge in [0.15, 0.2) is 5.69 Å². The largest absolute Gasteiger partial charge is 0.436 e. The molecule has 0 saturated carbocycles. The number of alkyl halides is 3. The van der Waals surface area contributed by atoms with Crippen LogP contribution < -0.4 is 0 Å². The average Bonchev–Trinajstić information content (AvgIpc) is 3.10. The number of carbonyl (C=O) groups excluding carboxylic acids is 1. The molecule has 0 N–H and O–H groups in total. The van der Waals surface area contributed by atoms with E-state index in [-0.39, 0.29) is 11.6 Å². The van der Waals surface area contributed by atoms with E-state index in [1.165, 1.54) is 6.92 Å². The first-order valence-corrected chi connectivity index (χ1v) is 8.42. The molecular formula is C15H20ClF3N4O. The number of halogens is 4. The first kappa shape index (κ1) is 17.5. The van der Waals surface area contributed by atoms with Crippen LogP contribution in [0.25, 0.3) is 0 Å². The lowest BCUT2D eigenvalue weighted by Gasteiger charge is -2.38. The molecule has 5 nitrogen and oxygen atoms in total. The minimum absolute atomic E-state index is 0.157. The zero-order chi connectivity index (χ0) is 17.6. The summed E-state index contributed by atoms with van der Waals surface area (Å²) in [6.07, 6.45) is -2.45. The normalized spacial score (nSPS) is 23.4. The number of amides is 1. The van der Waals surface area contributed by atoms with Crippen LogP contribution in [0.3, 0.4) is 0 Å². The van der Waals surface area contributed by atoms with Gasteiger partial charge in [0.05, 0.1) is 10.7 Å². The summed E-state index contributed by atoms with van der Waals surface area (Å²) in [5, 5.41) is 3.12. The number of hydrogen-bond acceptors (Lipinski definition) is 3. The maximum Gasteiger partial charge on any atom is 0.436 e. The van der Waals surface area contributed by atoms with Crippen LogP contribution >= 0.6 is 11.6 Å². The van der Waals surface area contributed by atoms with E-state index >= 15 is 0 Å². The highest BCUT2D eigenvalue weighted by Crippen LogP contribution is 2.36. The second-order valence-electron chi connectivity index (χ2n) is 6.48. The summed E-state index contributed by atoms with van der Waals surface area (Å²) in [7, 11) is 0. The van der Waals surface area contributed by atoms with Crippen molar-refractivity contribution >= 4 is 17.5 Å². The van der Waals surface area contributed by atoms with Gasteiger partial charge in [0.1, 0.15) is 6.04 Å². The molecule has 0 aromatic carbocycles. The molecular weight excluding hydrogens is 345 g/mol. The Bertz CT molecular complexity index is 645. The topological polar surface area (TPSA) is 41.4 Å². The van der Waals surface area contributed by atoms with Crippen LogP contribution in [-0.4, -0.2) is 57.7 Å². The van der Waals surface area contributed by atoms with Gasteiger partial charge in [0, 0.05) is 25.7 Å². The summed E-state index contributed by atoms with van der Waals surface area (Å²) in [5.74, 6) is -0.211. The molecule has 9 heteroatoms. The lowest BCUT2D eigenvalue weighted by atomic mass is 10.1. The molecule has 2 saturated heterocycles. The molecule has 2 fully saturated rings. The molecule has 1 aromatic heterocycles. The first-order chi connectivity index (χ1) is 11.2. The van der Waals surface area contributed by atoms with E-state index in [2.05, 4.69) is 10.00 Å². The minimum Gasteiger partial charge on any atom is -0.338 e. The maximum absolute atomic E-state index is 12.9. The van der Waals surface area contributed by atoms with Crippen LogP contribution in [0.4, 0.5) is 13.2 Å². The van der Waals surface area contributed by atoms with Crippen molar-refractivity contribution in [3.8, 4) is 0 Å². The van der Waals surface area contributed by atoms with Gasteiger partial charge in [-0.05, 0) is 33.2 Å². The predicted molar refractivity (Wildman–Crippen MR) is 82.9 cm³/mol. The van der Waals surface area contributed by atoms with Gasteiger partial charge in [-0.15, -0.1) is 0 Å². The lowest BCUT2D eigenvalue weighted by Crippen LogP contribution is -2.53. The van der Waals surface area contributed by atoms with E-state index in [1.807, 2.05) is 0 Å². The molecule has 2 unspecified atom stereocenters. The molecule has 2 atom stereocenters. The van der Waals surface area contributed by atoms with E-state index in [9.17, 15) is 18.0 Å². The quantitative estimate of drug-likeness (QED) is 0.810. The zero-order valence-corrected chi connectivity index (χ0v) is 14.4. The van der Waals surface area contributed by atoms with Crippen molar-refractivity contribution in [3.63, 3.8) is 0 Å². The second kappa shape index (κ2) is 6.22. The lowest BCUT2D eigenvalue weighted by molar-refractivity contribution is -0.143. The Kier molecular flexibility index (Phi) is 4.55. The highest BCUT2D eigenvalue weighted by molar-refractivity contribution is 6.32. The molecule has 2 aliphatic heterocycles. The smallest absolute Gasteiger partial charge is 0.338 e. The first-order valence-electron chi connectivity index (χ1n) is 8.04. The van der Waals surface area contributed by atoms with Crippen molar-refractivity contribution in [1.29, 1.82) is 0 Å². The van der Waals surface area contributed by atoms with Crippen molar-refractivity contribution in [3.05, 3.63) is 16.4 Å². The molecule has 134 valence electrons. The fraction of sp³-hybridized carbons (Fsp3) is 0.733. The second-order valence-corrected chi connectivity index (χ2v) is 6.86. The highest BCUT2D eigenvalue weighted by atomic mass is 35.5. The van der Waals surface area contributed by atoms with Gasteiger partial charge >= 0.3 is 6.18 Å². The summed E-state index contributed by atoms with van der Waals surface area (Å²) >= 11 is 5.77. The third-order valence-electron chi connectivity index (χ3n) is 4.97. The van der Waals surface area contributed by atoms with Gasteiger partial charge in [-0.1, -0.05) is 11.6 Å². The number of carbonyl (C=O) groups is 1. The van der Waals surface area contributed by atoms with Crippen LogP contribution in [0.5, 0.6) is 0 Å². The van der Waals surface area contributed by atoms with E-state index < -0.39 is 22.9 Å². The Morgan fingerprint density at radius 3 is 2.67 bits per heavy atom. The minimum atomic E-state index is -4.63. The van der Waals surface area contributed by atoms with E-state index in [0.717, 1.165) is 30.6 Å². The fourth-order valence-corrected chi connectivity index (χ4v) is 3.85. The monoisotopic (exact) mass is 364 g/mol. The van der Waals surface area contributed by atoms with Crippen molar-refractivity contribution in [2.45, 2.75) is 44.9 Å². The van der Waals surface area contributed by atoms with Crippen molar-refractivity contribution in [2.75, 3.05) is 26.2 Å². The Hall–Kier alpha value is -1.28. The van der Waals surface area contributed by atoms with Crippen LogP contribution in [0.15, 0.2) is 0 Å². The van der Waals surface area contributed by atoms with E-state index in [0.29, 0.717) is 19.1 Å². The molecule has 3 heterocycles. The zero-order valence-electron chi connectivity index (χ0n) is 13.6. The molecule has 3 rings (SSSR count). The van der Waals surface area contributed by atoms with E-state index in [1.54, 1.807) is 11.8 Å². The van der Waals surface area contributed by atoms with Gasteiger partial charge in [0.25, 0.3) is 0 Å². The number of rotatable bonds is 2. The summed E-state index contributed by atoms with van der Waals surface area (Å²) in [4.78, 5) is 16.8. The molecule has 1 amide bonds. The number of nitrogens with zero attached hydrogens (tertiary/aromatic N) is 4. The van der Waals surface area contributed by atoms with Gasteiger partial charge in [-0.3, -0.25) is 14.4 Å². The van der Waals surface area contributed by atoms with Gasteiger partial charge in [-0.2, -0.15) is 18.3 Å². The third kappa shape index (κ3) is 3.01. The van der Waals surface area contributed by atoms with Gasteiger partial charge in [0.2, 0.25) is 5.91 Å². The third-order valence-corrected chi connectivity index (χ3v) is 5.42.